The molecular formula is C10H11IN4O2. The van der Waals surface area contributed by atoms with E-state index in [1.54, 1.807) is 6.92 Å². The van der Waals surface area contributed by atoms with Gasteiger partial charge in [-0.2, -0.15) is 4.98 Å². The third-order valence-electron chi connectivity index (χ3n) is 2.29. The topological polar surface area (TPSA) is 73.8 Å². The van der Waals surface area contributed by atoms with E-state index in [1.165, 1.54) is 10.9 Å². The molecule has 2 aromatic rings. The van der Waals surface area contributed by atoms with Gasteiger partial charge in [-0.3, -0.25) is 9.36 Å². The van der Waals surface area contributed by atoms with E-state index in [0.29, 0.717) is 21.7 Å². The van der Waals surface area contributed by atoms with Crippen molar-refractivity contribution in [2.75, 3.05) is 0 Å². The van der Waals surface area contributed by atoms with Gasteiger partial charge in [0.25, 0.3) is 5.56 Å². The monoisotopic (exact) mass is 346 g/mol. The van der Waals surface area contributed by atoms with Gasteiger partial charge in [-0.15, -0.1) is 0 Å². The minimum absolute atomic E-state index is 0.0886. The Hall–Kier alpha value is -1.25. The van der Waals surface area contributed by atoms with Gasteiger partial charge in [0.2, 0.25) is 5.89 Å². The average molecular weight is 346 g/mol. The van der Waals surface area contributed by atoms with Crippen molar-refractivity contribution in [1.82, 2.24) is 19.7 Å². The molecule has 0 spiro atoms. The van der Waals surface area contributed by atoms with Crippen LogP contribution in [0.5, 0.6) is 0 Å². The van der Waals surface area contributed by atoms with Gasteiger partial charge in [-0.25, -0.2) is 4.98 Å². The van der Waals surface area contributed by atoms with Crippen LogP contribution >= 0.6 is 22.6 Å². The summed E-state index contributed by atoms with van der Waals surface area (Å²) in [6, 6.07) is 0. The van der Waals surface area contributed by atoms with Gasteiger partial charge < -0.3 is 4.52 Å². The van der Waals surface area contributed by atoms with Gasteiger partial charge >= 0.3 is 0 Å². The Kier molecular flexibility index (Phi) is 3.55. The van der Waals surface area contributed by atoms with Crippen LogP contribution in [0.3, 0.4) is 0 Å². The van der Waals surface area contributed by atoms with Crippen LogP contribution in [-0.4, -0.2) is 19.7 Å². The first kappa shape index (κ1) is 12.2. The van der Waals surface area contributed by atoms with E-state index in [4.69, 9.17) is 4.52 Å². The number of aromatic nitrogens is 4. The first-order valence-electron chi connectivity index (χ1n) is 5.14. The minimum Gasteiger partial charge on any atom is -0.337 e. The Labute approximate surface area is 111 Å². The molecule has 0 N–H and O–H groups in total. The summed E-state index contributed by atoms with van der Waals surface area (Å²) in [5.74, 6) is 1.06. The molecule has 90 valence electrons. The lowest BCUT2D eigenvalue weighted by Crippen LogP contribution is -2.24. The van der Waals surface area contributed by atoms with Crippen molar-refractivity contribution in [3.05, 3.63) is 37.7 Å². The van der Waals surface area contributed by atoms with Crippen LogP contribution in [0.1, 0.15) is 24.3 Å². The first-order chi connectivity index (χ1) is 8.11. The van der Waals surface area contributed by atoms with Gasteiger partial charge in [-0.05, 0) is 29.5 Å². The molecule has 0 aliphatic rings. The summed E-state index contributed by atoms with van der Waals surface area (Å²) in [5.41, 5.74) is 0.640. The fourth-order valence-electron chi connectivity index (χ4n) is 1.30. The largest absolute Gasteiger partial charge is 0.337 e. The number of hydrogen-bond acceptors (Lipinski definition) is 5. The van der Waals surface area contributed by atoms with E-state index in [2.05, 4.69) is 15.1 Å². The maximum atomic E-state index is 11.9. The summed E-state index contributed by atoms with van der Waals surface area (Å²) >= 11 is 1.99. The molecule has 0 aliphatic carbocycles. The lowest BCUT2D eigenvalue weighted by molar-refractivity contribution is 0.364. The summed E-state index contributed by atoms with van der Waals surface area (Å²) in [5, 5.41) is 3.78. The number of nitrogens with zero attached hydrogens (tertiary/aromatic N) is 4. The highest BCUT2D eigenvalue weighted by Crippen LogP contribution is 2.03. The van der Waals surface area contributed by atoms with Gasteiger partial charge in [0.1, 0.15) is 6.54 Å². The molecule has 0 saturated carbocycles. The van der Waals surface area contributed by atoms with Gasteiger partial charge in [0.05, 0.1) is 15.6 Å². The minimum atomic E-state index is -0.0886. The first-order valence-corrected chi connectivity index (χ1v) is 6.22. The Balaban J connectivity index is 2.30. The normalized spacial score (nSPS) is 10.8. The highest BCUT2D eigenvalue weighted by atomic mass is 127. The Bertz CT molecular complexity index is 590. The highest BCUT2D eigenvalue weighted by molar-refractivity contribution is 14.1. The van der Waals surface area contributed by atoms with Crippen molar-refractivity contribution in [3.63, 3.8) is 0 Å². The average Bonchev–Trinajstić information content (AvgIpc) is 2.78. The van der Waals surface area contributed by atoms with Crippen LogP contribution < -0.4 is 5.56 Å². The van der Waals surface area contributed by atoms with Crippen LogP contribution in [0.2, 0.25) is 0 Å². The molecule has 2 heterocycles. The van der Waals surface area contributed by atoms with Gasteiger partial charge in [0, 0.05) is 6.42 Å². The van der Waals surface area contributed by atoms with Crippen molar-refractivity contribution >= 4 is 22.6 Å². The van der Waals surface area contributed by atoms with Gasteiger partial charge in [-0.1, -0.05) is 12.1 Å². The molecule has 0 aromatic carbocycles. The second-order valence-corrected chi connectivity index (χ2v) is 4.61. The molecule has 7 heteroatoms. The number of halogens is 1. The second-order valence-electron chi connectivity index (χ2n) is 3.53. The zero-order chi connectivity index (χ0) is 12.4. The summed E-state index contributed by atoms with van der Waals surface area (Å²) < 4.78 is 7.10. The highest BCUT2D eigenvalue weighted by Gasteiger charge is 2.09. The summed E-state index contributed by atoms with van der Waals surface area (Å²) in [6.45, 7) is 4.00. The zero-order valence-corrected chi connectivity index (χ0v) is 11.6. The van der Waals surface area contributed by atoms with Crippen molar-refractivity contribution in [2.45, 2.75) is 26.8 Å². The van der Waals surface area contributed by atoms with Gasteiger partial charge in [0.15, 0.2) is 5.82 Å². The molecular weight excluding hydrogens is 335 g/mol. The number of hydrogen-bond donors (Lipinski definition) is 0. The third kappa shape index (κ3) is 2.54. The second kappa shape index (κ2) is 4.94. The summed E-state index contributed by atoms with van der Waals surface area (Å²) in [6.07, 6.45) is 2.21. The van der Waals surface area contributed by atoms with Crippen LogP contribution in [0, 0.1) is 10.5 Å². The smallest absolute Gasteiger partial charge is 0.267 e. The van der Waals surface area contributed by atoms with Crippen LogP contribution in [-0.2, 0) is 13.0 Å². The maximum absolute atomic E-state index is 11.9. The van der Waals surface area contributed by atoms with Crippen LogP contribution in [0.4, 0.5) is 0 Å². The SMILES string of the molecule is CCc1noc(Cn2cnc(C)c(I)c2=O)n1. The van der Waals surface area contributed by atoms with E-state index >= 15 is 0 Å². The third-order valence-corrected chi connectivity index (χ3v) is 3.53. The van der Waals surface area contributed by atoms with E-state index in [9.17, 15) is 4.79 Å². The van der Waals surface area contributed by atoms with Crippen molar-refractivity contribution < 1.29 is 4.52 Å². The molecule has 0 radical (unpaired) electrons. The molecule has 6 nitrogen and oxygen atoms in total. The molecule has 0 aliphatic heterocycles. The van der Waals surface area contributed by atoms with E-state index in [0.717, 1.165) is 5.69 Å². The molecule has 2 rings (SSSR count). The van der Waals surface area contributed by atoms with Crippen molar-refractivity contribution in [3.8, 4) is 0 Å². The van der Waals surface area contributed by atoms with E-state index < -0.39 is 0 Å². The molecule has 0 bridgehead atoms. The molecule has 0 saturated heterocycles. The van der Waals surface area contributed by atoms with E-state index in [1.807, 2.05) is 29.5 Å². The van der Waals surface area contributed by atoms with E-state index in [-0.39, 0.29) is 12.1 Å². The number of aryl methyl sites for hydroxylation is 2. The van der Waals surface area contributed by atoms with Crippen molar-refractivity contribution in [2.24, 2.45) is 0 Å². The summed E-state index contributed by atoms with van der Waals surface area (Å²) in [7, 11) is 0. The predicted molar refractivity (Wildman–Crippen MR) is 68.7 cm³/mol. The number of rotatable bonds is 3. The lowest BCUT2D eigenvalue weighted by atomic mass is 10.4. The molecule has 0 unspecified atom stereocenters. The molecule has 0 fully saturated rings. The predicted octanol–water partition coefficient (Wildman–Crippen LogP) is 1.15. The van der Waals surface area contributed by atoms with Crippen molar-refractivity contribution in [1.29, 1.82) is 0 Å². The molecule has 2 aromatic heterocycles. The fraction of sp³-hybridized carbons (Fsp3) is 0.400. The molecule has 0 atom stereocenters. The Morgan fingerprint density at radius 1 is 1.53 bits per heavy atom. The Morgan fingerprint density at radius 2 is 2.29 bits per heavy atom. The molecule has 0 amide bonds. The summed E-state index contributed by atoms with van der Waals surface area (Å²) in [4.78, 5) is 20.2. The Morgan fingerprint density at radius 3 is 2.94 bits per heavy atom. The lowest BCUT2D eigenvalue weighted by Gasteiger charge is -2.03. The quantitative estimate of drug-likeness (QED) is 0.780. The maximum Gasteiger partial charge on any atom is 0.267 e. The fourth-order valence-corrected chi connectivity index (χ4v) is 1.75. The van der Waals surface area contributed by atoms with Crippen LogP contribution in [0.25, 0.3) is 0 Å². The standard InChI is InChI=1S/C10H11IN4O2/c1-3-7-13-8(17-14-7)4-15-5-12-6(2)9(11)10(15)16/h5H,3-4H2,1-2H3. The molecule has 17 heavy (non-hydrogen) atoms. The van der Waals surface area contributed by atoms with Crippen LogP contribution in [0.15, 0.2) is 15.6 Å². The zero-order valence-electron chi connectivity index (χ0n) is 9.47.